The van der Waals surface area contributed by atoms with Gasteiger partial charge in [-0.3, -0.25) is 38.5 Å². The number of nitrogens with zero attached hydrogens (tertiary/aromatic N) is 3. The summed E-state index contributed by atoms with van der Waals surface area (Å²) < 4.78 is 0. The number of para-hydroxylation sites is 1. The van der Waals surface area contributed by atoms with E-state index < -0.39 is 102 Å². The van der Waals surface area contributed by atoms with Gasteiger partial charge in [0, 0.05) is 38.2 Å². The molecule has 0 bridgehead atoms. The standard InChI is InChI=1S/C48H65N11O9/c1-6-16-33(39(61)45(66)52-26-36(60)56-37(43(64)49-5)29-17-10-7-11-18-29)54-41(62)32-27-59(47(68)53-31-21-14-9-15-22-31)28-35(32)55-46(67)40(48(2,3)4)58-44(65)38(30-19-12-8-13-20-30)57-42(63)34-25-50-23-24-51-34/h7,9-11,14-15,17-18,21-25,30,32-33,35,37-40,61H,6,8,12-13,16,19-20,26-28H2,1-5H3,(H,49,64)(H,52,66)(H,53,68)(H,54,62)(H,55,67)(H,56,60)(H,57,63)(H,58,65)/t32-,33+,35+,37+,38+,39?,40-/m1/s1. The summed E-state index contributed by atoms with van der Waals surface area (Å²) in [6.45, 7) is 6.19. The Balaban J connectivity index is 1.31. The number of hydrogen-bond donors (Lipinski definition) is 9. The predicted molar refractivity (Wildman–Crippen MR) is 251 cm³/mol. The zero-order valence-corrected chi connectivity index (χ0v) is 39.3. The van der Waals surface area contributed by atoms with Crippen LogP contribution in [0.3, 0.4) is 0 Å². The first-order valence-corrected chi connectivity index (χ1v) is 23.1. The van der Waals surface area contributed by atoms with E-state index in [2.05, 4.69) is 52.5 Å². The van der Waals surface area contributed by atoms with Gasteiger partial charge in [-0.1, -0.05) is 102 Å². The smallest absolute Gasteiger partial charge is 0.321 e. The molecule has 1 aliphatic heterocycles. The molecular formula is C48H65N11O9. The van der Waals surface area contributed by atoms with E-state index >= 15 is 0 Å². The van der Waals surface area contributed by atoms with E-state index in [1.165, 1.54) is 30.5 Å². The lowest BCUT2D eigenvalue weighted by atomic mass is 9.82. The lowest BCUT2D eigenvalue weighted by Crippen LogP contribution is -2.61. The molecule has 3 aromatic rings. The average molecular weight is 940 g/mol. The number of aliphatic hydroxyl groups excluding tert-OH is 1. The second kappa shape index (κ2) is 24.7. The summed E-state index contributed by atoms with van der Waals surface area (Å²) in [5, 5.41) is 33.0. The lowest BCUT2D eigenvalue weighted by Gasteiger charge is -2.35. The van der Waals surface area contributed by atoms with E-state index in [1.54, 1.807) is 88.4 Å². The van der Waals surface area contributed by atoms with Crippen LogP contribution in [0.2, 0.25) is 0 Å². The molecule has 68 heavy (non-hydrogen) atoms. The minimum atomic E-state index is -1.82. The lowest BCUT2D eigenvalue weighted by molar-refractivity contribution is -0.136. The second-order valence-corrected chi connectivity index (χ2v) is 18.3. The molecule has 7 atom stereocenters. The van der Waals surface area contributed by atoms with Gasteiger partial charge >= 0.3 is 6.03 Å². The Morgan fingerprint density at radius 1 is 0.794 bits per heavy atom. The summed E-state index contributed by atoms with van der Waals surface area (Å²) in [7, 11) is 1.42. The van der Waals surface area contributed by atoms with Crippen molar-refractivity contribution in [2.45, 2.75) is 109 Å². The van der Waals surface area contributed by atoms with Gasteiger partial charge in [0.25, 0.3) is 11.8 Å². The number of carbonyl (C=O) groups excluding carboxylic acids is 8. The zero-order chi connectivity index (χ0) is 49.4. The van der Waals surface area contributed by atoms with Crippen LogP contribution < -0.4 is 42.5 Å². The summed E-state index contributed by atoms with van der Waals surface area (Å²) in [6.07, 6.45) is 6.93. The van der Waals surface area contributed by atoms with Crippen LogP contribution in [0.15, 0.2) is 79.3 Å². The van der Waals surface area contributed by atoms with Crippen molar-refractivity contribution in [2.75, 3.05) is 32.0 Å². The second-order valence-electron chi connectivity index (χ2n) is 18.3. The number of nitrogens with one attached hydrogen (secondary N) is 8. The molecule has 2 heterocycles. The number of benzene rings is 2. The first kappa shape index (κ1) is 52.0. The van der Waals surface area contributed by atoms with Crippen LogP contribution in [-0.2, 0) is 28.8 Å². The van der Waals surface area contributed by atoms with Crippen LogP contribution in [0.1, 0.15) is 94.7 Å². The van der Waals surface area contributed by atoms with Gasteiger partial charge in [-0.25, -0.2) is 9.78 Å². The number of likely N-dealkylation sites (tertiary alicyclic amines) is 1. The van der Waals surface area contributed by atoms with Gasteiger partial charge in [0.05, 0.1) is 30.7 Å². The molecule has 0 spiro atoms. The molecule has 1 aliphatic carbocycles. The Kier molecular flexibility index (Phi) is 18.9. The Morgan fingerprint density at radius 2 is 1.47 bits per heavy atom. The predicted octanol–water partition coefficient (Wildman–Crippen LogP) is 1.70. The molecule has 1 unspecified atom stereocenters. The van der Waals surface area contributed by atoms with Crippen LogP contribution in [0.4, 0.5) is 10.5 Å². The highest BCUT2D eigenvalue weighted by Gasteiger charge is 2.45. The van der Waals surface area contributed by atoms with Crippen LogP contribution in [-0.4, -0.2) is 124 Å². The molecule has 2 aliphatic rings. The minimum Gasteiger partial charge on any atom is -0.381 e. The van der Waals surface area contributed by atoms with E-state index in [4.69, 9.17) is 0 Å². The minimum absolute atomic E-state index is 0.0334. The van der Waals surface area contributed by atoms with Gasteiger partial charge in [-0.15, -0.1) is 0 Å². The molecule has 9 amide bonds. The highest BCUT2D eigenvalue weighted by molar-refractivity contribution is 5.98. The van der Waals surface area contributed by atoms with Crippen molar-refractivity contribution >= 4 is 53.1 Å². The van der Waals surface area contributed by atoms with Crippen LogP contribution in [0.5, 0.6) is 0 Å². The number of aromatic nitrogens is 2. The van der Waals surface area contributed by atoms with E-state index in [0.717, 1.165) is 19.3 Å². The molecule has 20 nitrogen and oxygen atoms in total. The van der Waals surface area contributed by atoms with Gasteiger partial charge in [-0.2, -0.15) is 0 Å². The van der Waals surface area contributed by atoms with E-state index in [9.17, 15) is 43.5 Å². The van der Waals surface area contributed by atoms with Crippen molar-refractivity contribution in [3.05, 3.63) is 90.5 Å². The van der Waals surface area contributed by atoms with Gasteiger partial charge < -0.3 is 52.5 Å². The maximum Gasteiger partial charge on any atom is 0.321 e. The maximum atomic E-state index is 14.5. The highest BCUT2D eigenvalue weighted by Crippen LogP contribution is 2.29. The Morgan fingerprint density at radius 3 is 2.09 bits per heavy atom. The van der Waals surface area contributed by atoms with Gasteiger partial charge in [-0.05, 0) is 48.3 Å². The molecule has 1 saturated carbocycles. The van der Waals surface area contributed by atoms with Crippen molar-refractivity contribution in [1.29, 1.82) is 0 Å². The SMILES string of the molecule is CCC[C@H](NC(=O)[C@@H]1CN(C(=O)Nc2ccccc2)C[C@@H]1NC(=O)[C@@H](NC(=O)[C@@H](NC(=O)c1cnccn1)C1CCCCC1)C(C)(C)C)C(O)C(=O)NCC(=O)N[C@H](C(=O)NC)c1ccccc1. The van der Waals surface area contributed by atoms with Crippen LogP contribution in [0, 0.1) is 17.3 Å². The third-order valence-corrected chi connectivity index (χ3v) is 12.1. The summed E-state index contributed by atoms with van der Waals surface area (Å²) in [6, 6.07) is 11.2. The molecule has 366 valence electrons. The zero-order valence-electron chi connectivity index (χ0n) is 39.3. The van der Waals surface area contributed by atoms with E-state index in [0.29, 0.717) is 30.5 Å². The molecule has 1 aromatic heterocycles. The third kappa shape index (κ3) is 14.5. The molecule has 9 N–H and O–H groups in total. The third-order valence-electron chi connectivity index (χ3n) is 12.1. The first-order chi connectivity index (χ1) is 32.5. The van der Waals surface area contributed by atoms with Crippen molar-refractivity contribution < 1.29 is 43.5 Å². The van der Waals surface area contributed by atoms with E-state index in [1.807, 2.05) is 0 Å². The first-order valence-electron chi connectivity index (χ1n) is 23.1. The Hall–Kier alpha value is -6.96. The van der Waals surface area contributed by atoms with Gasteiger partial charge in [0.15, 0.2) is 6.10 Å². The largest absolute Gasteiger partial charge is 0.381 e. The number of aliphatic hydroxyl groups is 1. The van der Waals surface area contributed by atoms with Crippen molar-refractivity contribution in [3.8, 4) is 0 Å². The monoisotopic (exact) mass is 939 g/mol. The number of amides is 9. The number of urea groups is 1. The molecule has 1 saturated heterocycles. The topological polar surface area (TPSA) is 282 Å². The summed E-state index contributed by atoms with van der Waals surface area (Å²) in [4.78, 5) is 118. The molecule has 20 heteroatoms. The van der Waals surface area contributed by atoms with Crippen molar-refractivity contribution in [3.63, 3.8) is 0 Å². The number of rotatable bonds is 19. The van der Waals surface area contributed by atoms with Crippen LogP contribution >= 0.6 is 0 Å². The molecular weight excluding hydrogens is 875 g/mol. The summed E-state index contributed by atoms with van der Waals surface area (Å²) in [5.41, 5.74) is 0.150. The number of carbonyl (C=O) groups is 8. The Labute approximate surface area is 396 Å². The number of likely N-dealkylation sites (N-methyl/N-ethyl adjacent to an activating group) is 1. The molecule has 5 rings (SSSR count). The van der Waals surface area contributed by atoms with Gasteiger partial charge in [0.2, 0.25) is 29.5 Å². The summed E-state index contributed by atoms with van der Waals surface area (Å²) >= 11 is 0. The number of hydrogen-bond acceptors (Lipinski definition) is 11. The highest BCUT2D eigenvalue weighted by atomic mass is 16.3. The quantitative estimate of drug-likeness (QED) is 0.0834. The average Bonchev–Trinajstić information content (AvgIpc) is 3.77. The van der Waals surface area contributed by atoms with Gasteiger partial charge in [0.1, 0.15) is 23.8 Å². The fraction of sp³-hybridized carbons (Fsp3) is 0.500. The maximum absolute atomic E-state index is 14.5. The Bertz CT molecular complexity index is 2210. The summed E-state index contributed by atoms with van der Waals surface area (Å²) in [5.74, 6) is -5.93. The molecule has 0 radical (unpaired) electrons. The fourth-order valence-electron chi connectivity index (χ4n) is 8.44. The molecule has 2 aromatic carbocycles. The van der Waals surface area contributed by atoms with E-state index in [-0.39, 0.29) is 31.1 Å². The fourth-order valence-corrected chi connectivity index (χ4v) is 8.44. The molecule has 2 fully saturated rings. The number of anilines is 1. The van der Waals surface area contributed by atoms with Crippen LogP contribution in [0.25, 0.3) is 0 Å². The normalized spacial score (nSPS) is 18.3. The van der Waals surface area contributed by atoms with Crippen molar-refractivity contribution in [1.82, 2.24) is 52.1 Å². The van der Waals surface area contributed by atoms with Crippen molar-refractivity contribution in [2.24, 2.45) is 17.3 Å².